The number of nitrogens with one attached hydrogen (secondary N) is 2. The Bertz CT molecular complexity index is 1160. The van der Waals surface area contributed by atoms with Crippen molar-refractivity contribution in [1.29, 1.82) is 0 Å². The second-order valence-electron chi connectivity index (χ2n) is 13.3. The summed E-state index contributed by atoms with van der Waals surface area (Å²) in [5.74, 6) is 2.65. The van der Waals surface area contributed by atoms with Gasteiger partial charge in [0.15, 0.2) is 0 Å². The van der Waals surface area contributed by atoms with Gasteiger partial charge in [0.2, 0.25) is 5.91 Å². The van der Waals surface area contributed by atoms with Crippen LogP contribution < -0.4 is 10.6 Å². The Balaban J connectivity index is 0.000000557. The highest BCUT2D eigenvalue weighted by molar-refractivity contribution is 7.85. The summed E-state index contributed by atoms with van der Waals surface area (Å²) in [7, 11) is -0.0946. The molecule has 1 aliphatic carbocycles. The van der Waals surface area contributed by atoms with Crippen molar-refractivity contribution in [2.45, 2.75) is 123 Å². The quantitative estimate of drug-likeness (QED) is 0.154. The zero-order chi connectivity index (χ0) is 35.0. The van der Waals surface area contributed by atoms with E-state index in [9.17, 15) is 9.00 Å². The molecule has 0 aromatic heterocycles. The maximum atomic E-state index is 12.8. The summed E-state index contributed by atoms with van der Waals surface area (Å²) in [6.45, 7) is 21.8. The second kappa shape index (κ2) is 25.6. The van der Waals surface area contributed by atoms with Crippen LogP contribution in [0.1, 0.15) is 104 Å². The highest BCUT2D eigenvalue weighted by atomic mass is 32.2. The van der Waals surface area contributed by atoms with Crippen LogP contribution in [-0.4, -0.2) is 40.3 Å². The van der Waals surface area contributed by atoms with Gasteiger partial charge in [-0.15, -0.1) is 8.58 Å². The summed E-state index contributed by atoms with van der Waals surface area (Å²) in [6.07, 6.45) is 15.6. The molecule has 4 nitrogen and oxygen atoms in total. The summed E-state index contributed by atoms with van der Waals surface area (Å²) < 4.78 is 12.5. The van der Waals surface area contributed by atoms with Crippen LogP contribution >= 0.6 is 8.58 Å². The second-order valence-corrected chi connectivity index (χ2v) is 16.4. The molecule has 1 heterocycles. The van der Waals surface area contributed by atoms with E-state index in [1.165, 1.54) is 44.7 Å². The predicted octanol–water partition coefficient (Wildman–Crippen LogP) is 9.98. The van der Waals surface area contributed by atoms with Gasteiger partial charge in [-0.1, -0.05) is 141 Å². The Hall–Kier alpha value is -2.41. The van der Waals surface area contributed by atoms with E-state index in [-0.39, 0.29) is 5.91 Å². The van der Waals surface area contributed by atoms with E-state index in [1.807, 2.05) is 76.2 Å². The maximum Gasteiger partial charge on any atom is 0.246 e. The molecule has 1 amide bonds. The molecule has 0 radical (unpaired) electrons. The van der Waals surface area contributed by atoms with Crippen molar-refractivity contribution in [3.05, 3.63) is 90.2 Å². The van der Waals surface area contributed by atoms with E-state index in [0.717, 1.165) is 42.6 Å². The van der Waals surface area contributed by atoms with Crippen LogP contribution in [0.3, 0.4) is 0 Å². The highest BCUT2D eigenvalue weighted by Crippen LogP contribution is 2.39. The number of amides is 1. The number of rotatable bonds is 14. The summed E-state index contributed by atoms with van der Waals surface area (Å²) in [5, 5.41) is 6.37. The summed E-state index contributed by atoms with van der Waals surface area (Å²) in [4.78, 5) is 13.7. The SMILES string of the molecule is C=C(CCS(=O)c1ccc(C)cc1)NC(C=CC1CP1)C(=O)NCC(C)CCC(C)C.CC.CC1CCCCC1.Cc1c#cccc1. The number of carbonyl (C=O) groups excluding carboxylic acids is 1. The molecule has 5 atom stereocenters. The molecule has 1 saturated heterocycles. The molecule has 2 fully saturated rings. The minimum atomic E-state index is -1.07. The van der Waals surface area contributed by atoms with Crippen LogP contribution in [0.15, 0.2) is 71.8 Å². The lowest BCUT2D eigenvalue weighted by molar-refractivity contribution is -0.122. The molecule has 262 valence electrons. The zero-order valence-electron chi connectivity index (χ0n) is 30.8. The lowest BCUT2D eigenvalue weighted by atomic mass is 9.91. The number of benzene rings is 1. The number of aryl methyl sites for hydroxylation is 2. The molecule has 2 N–H and O–H groups in total. The largest absolute Gasteiger partial charge is 0.374 e. The third-order valence-corrected chi connectivity index (χ3v) is 10.5. The third-order valence-electron chi connectivity index (χ3n) is 8.04. The van der Waals surface area contributed by atoms with Gasteiger partial charge in [-0.2, -0.15) is 0 Å². The number of carbonyl (C=O) groups is 1. The lowest BCUT2D eigenvalue weighted by Crippen LogP contribution is -2.44. The van der Waals surface area contributed by atoms with E-state index in [1.54, 1.807) is 0 Å². The first kappa shape index (κ1) is 42.6. The van der Waals surface area contributed by atoms with Crippen molar-refractivity contribution in [3.63, 3.8) is 0 Å². The Morgan fingerprint density at radius 2 is 1.72 bits per heavy atom. The first-order chi connectivity index (χ1) is 22.5. The van der Waals surface area contributed by atoms with Crippen LogP contribution in [0.2, 0.25) is 0 Å². The summed E-state index contributed by atoms with van der Waals surface area (Å²) in [6, 6.07) is 18.9. The Morgan fingerprint density at radius 3 is 2.21 bits per heavy atom. The lowest BCUT2D eigenvalue weighted by Gasteiger charge is -2.20. The van der Waals surface area contributed by atoms with Gasteiger partial charge in [-0.25, -0.2) is 0 Å². The molecule has 0 bridgehead atoms. The Kier molecular flexibility index (Phi) is 23.2. The molecule has 1 saturated carbocycles. The molecular formula is C41H65N2O2PS. The summed E-state index contributed by atoms with van der Waals surface area (Å²) >= 11 is 0. The normalized spacial score (nSPS) is 17.8. The number of hydrogen-bond donors (Lipinski definition) is 2. The maximum absolute atomic E-state index is 12.8. The topological polar surface area (TPSA) is 58.2 Å². The molecule has 47 heavy (non-hydrogen) atoms. The fourth-order valence-electron chi connectivity index (χ4n) is 4.82. The average Bonchev–Trinajstić information content (AvgIpc) is 3.91. The van der Waals surface area contributed by atoms with Crippen LogP contribution in [0.4, 0.5) is 0 Å². The average molecular weight is 681 g/mol. The monoisotopic (exact) mass is 680 g/mol. The Labute approximate surface area is 293 Å². The molecule has 6 heteroatoms. The molecule has 4 rings (SSSR count). The molecule has 2 aliphatic rings. The third kappa shape index (κ3) is 22.0. The van der Waals surface area contributed by atoms with Crippen LogP contribution in [0.5, 0.6) is 0 Å². The van der Waals surface area contributed by atoms with E-state index in [4.69, 9.17) is 0 Å². The van der Waals surface area contributed by atoms with Crippen LogP contribution in [-0.2, 0) is 15.6 Å². The number of hydrogen-bond acceptors (Lipinski definition) is 3. The first-order valence-corrected chi connectivity index (χ1v) is 20.6. The van der Waals surface area contributed by atoms with E-state index < -0.39 is 16.8 Å². The van der Waals surface area contributed by atoms with Crippen LogP contribution in [0.25, 0.3) is 0 Å². The van der Waals surface area contributed by atoms with E-state index in [0.29, 0.717) is 36.2 Å². The highest BCUT2D eigenvalue weighted by Gasteiger charge is 2.21. The van der Waals surface area contributed by atoms with Crippen molar-refractivity contribution < 1.29 is 9.00 Å². The van der Waals surface area contributed by atoms with Gasteiger partial charge >= 0.3 is 0 Å². The minimum Gasteiger partial charge on any atom is -0.374 e. The molecule has 5 unspecified atom stereocenters. The van der Waals surface area contributed by atoms with Crippen molar-refractivity contribution in [2.24, 2.45) is 17.8 Å². The fraction of sp³-hybridized carbons (Fsp3) is 0.585. The van der Waals surface area contributed by atoms with Crippen molar-refractivity contribution >= 4 is 25.3 Å². The van der Waals surface area contributed by atoms with Gasteiger partial charge in [0.1, 0.15) is 6.04 Å². The van der Waals surface area contributed by atoms with E-state index >= 15 is 0 Å². The molecule has 2 aromatic carbocycles. The van der Waals surface area contributed by atoms with Crippen molar-refractivity contribution in [2.75, 3.05) is 18.5 Å². The van der Waals surface area contributed by atoms with Gasteiger partial charge in [0.25, 0.3) is 0 Å². The minimum absolute atomic E-state index is 0.0163. The first-order valence-electron chi connectivity index (χ1n) is 18.0. The van der Waals surface area contributed by atoms with Gasteiger partial charge in [-0.05, 0) is 80.0 Å². The standard InChI is InChI=1S/C25H39N2O2PS.C7H14.C7H6.C2H6/c1-18(2)6-7-20(4)16-26-25(28)24(13-10-22-17-30-22)27-21(5)14-15-31(29)23-11-8-19(3)9-12-23;2*1-7-5-3-2-4-6-7;1-2/h8-13,18,20,22,24,27,30H,5-7,14-17H2,1-4H3,(H,26,28);7H,2-6H2,1H3;2-3,5H,1H3;1-2H3. The van der Waals surface area contributed by atoms with Gasteiger partial charge in [0.05, 0.1) is 10.8 Å². The molecule has 1 aliphatic heterocycles. The predicted molar refractivity (Wildman–Crippen MR) is 208 cm³/mol. The molecular weight excluding hydrogens is 616 g/mol. The van der Waals surface area contributed by atoms with Crippen LogP contribution in [0, 0.1) is 43.7 Å². The van der Waals surface area contributed by atoms with Crippen molar-refractivity contribution in [3.8, 4) is 0 Å². The fourth-order valence-corrected chi connectivity index (χ4v) is 6.44. The van der Waals surface area contributed by atoms with E-state index in [2.05, 4.69) is 63.1 Å². The van der Waals surface area contributed by atoms with Gasteiger partial charge < -0.3 is 10.6 Å². The summed E-state index contributed by atoms with van der Waals surface area (Å²) in [5.41, 5.74) is 3.67. The van der Waals surface area contributed by atoms with Gasteiger partial charge in [0, 0.05) is 22.9 Å². The zero-order valence-corrected chi connectivity index (χ0v) is 32.6. The number of allylic oxidation sites excluding steroid dienone is 2. The molecule has 0 spiro atoms. The van der Waals surface area contributed by atoms with Crippen molar-refractivity contribution in [1.82, 2.24) is 10.6 Å². The Morgan fingerprint density at radius 1 is 1.06 bits per heavy atom. The smallest absolute Gasteiger partial charge is 0.246 e. The molecule has 2 aromatic rings. The van der Waals surface area contributed by atoms with Gasteiger partial charge in [-0.3, -0.25) is 9.00 Å².